The van der Waals surface area contributed by atoms with Crippen LogP contribution < -0.4 is 5.32 Å². The molecule has 1 aliphatic carbocycles. The van der Waals surface area contributed by atoms with Crippen molar-refractivity contribution in [1.29, 1.82) is 5.26 Å². The number of likely N-dealkylation sites (tertiary alicyclic amines) is 1. The number of carbonyl (C=O) groups excluding carboxylic acids is 2. The summed E-state index contributed by atoms with van der Waals surface area (Å²) in [6, 6.07) is 16.1. The minimum atomic E-state index is -0.147. The summed E-state index contributed by atoms with van der Waals surface area (Å²) in [5.74, 6) is 1.40. The molecule has 8 nitrogen and oxygen atoms in total. The van der Waals surface area contributed by atoms with Gasteiger partial charge in [0.1, 0.15) is 0 Å². The van der Waals surface area contributed by atoms with Gasteiger partial charge in [0.15, 0.2) is 0 Å². The second kappa shape index (κ2) is 8.87. The Morgan fingerprint density at radius 1 is 1.00 bits per heavy atom. The normalized spacial score (nSPS) is 16.3. The number of anilines is 1. The largest absolute Gasteiger partial charge is 0.339 e. The van der Waals surface area contributed by atoms with Crippen LogP contribution in [0.25, 0.3) is 11.4 Å². The molecule has 1 N–H and O–H groups in total. The van der Waals surface area contributed by atoms with Crippen LogP contribution in [-0.4, -0.2) is 39.9 Å². The van der Waals surface area contributed by atoms with Crippen LogP contribution >= 0.6 is 0 Å². The van der Waals surface area contributed by atoms with Gasteiger partial charge in [0, 0.05) is 41.7 Å². The van der Waals surface area contributed by atoms with Crippen molar-refractivity contribution >= 4 is 17.5 Å². The van der Waals surface area contributed by atoms with Crippen molar-refractivity contribution in [1.82, 2.24) is 15.0 Å². The molecule has 0 bridgehead atoms. The average molecular weight is 441 g/mol. The maximum absolute atomic E-state index is 12.9. The minimum absolute atomic E-state index is 0.0423. The van der Waals surface area contributed by atoms with E-state index in [0.717, 1.165) is 18.4 Å². The standard InChI is InChI=1S/C25H23N5O3/c26-15-16-1-9-21(10-2-16)27-23(31)18-11-13-30(14-12-18)25(32)20-7-3-17(4-8-20)22-28-24(33-29-22)19-5-6-19/h1-4,7-10,18-19H,5-6,11-14H2,(H,27,31). The lowest BCUT2D eigenvalue weighted by Crippen LogP contribution is -2.41. The number of aromatic nitrogens is 2. The summed E-state index contributed by atoms with van der Waals surface area (Å²) in [4.78, 5) is 31.8. The molecule has 1 aliphatic heterocycles. The molecule has 8 heteroatoms. The lowest BCUT2D eigenvalue weighted by molar-refractivity contribution is -0.121. The Morgan fingerprint density at radius 2 is 1.70 bits per heavy atom. The molecule has 0 radical (unpaired) electrons. The number of nitriles is 1. The van der Waals surface area contributed by atoms with Crippen molar-refractivity contribution in [2.75, 3.05) is 18.4 Å². The average Bonchev–Trinajstić information content (AvgIpc) is 3.60. The molecule has 3 aromatic rings. The molecule has 0 atom stereocenters. The topological polar surface area (TPSA) is 112 Å². The fraction of sp³-hybridized carbons (Fsp3) is 0.320. The van der Waals surface area contributed by atoms with Gasteiger partial charge < -0.3 is 14.7 Å². The van der Waals surface area contributed by atoms with Gasteiger partial charge in [0.25, 0.3) is 5.91 Å². The lowest BCUT2D eigenvalue weighted by Gasteiger charge is -2.31. The third-order valence-electron chi connectivity index (χ3n) is 6.19. The van der Waals surface area contributed by atoms with Gasteiger partial charge in [0.2, 0.25) is 17.6 Å². The van der Waals surface area contributed by atoms with Crippen molar-refractivity contribution in [3.63, 3.8) is 0 Å². The van der Waals surface area contributed by atoms with Crippen molar-refractivity contribution in [3.05, 3.63) is 65.5 Å². The highest BCUT2D eigenvalue weighted by molar-refractivity contribution is 5.95. The highest BCUT2D eigenvalue weighted by Gasteiger charge is 2.30. The molecular formula is C25H23N5O3. The van der Waals surface area contributed by atoms with Gasteiger partial charge in [-0.2, -0.15) is 10.2 Å². The van der Waals surface area contributed by atoms with Crippen LogP contribution in [0.2, 0.25) is 0 Å². The number of nitrogens with zero attached hydrogens (tertiary/aromatic N) is 4. The predicted octanol–water partition coefficient (Wildman–Crippen LogP) is 3.98. The second-order valence-corrected chi connectivity index (χ2v) is 8.55. The van der Waals surface area contributed by atoms with Crippen LogP contribution in [0.4, 0.5) is 5.69 Å². The van der Waals surface area contributed by atoms with E-state index in [0.29, 0.717) is 60.4 Å². The van der Waals surface area contributed by atoms with E-state index in [1.807, 2.05) is 12.1 Å². The summed E-state index contributed by atoms with van der Waals surface area (Å²) in [6.45, 7) is 1.06. The Labute approximate surface area is 191 Å². The zero-order valence-corrected chi connectivity index (χ0v) is 18.0. The van der Waals surface area contributed by atoms with Gasteiger partial charge in [-0.3, -0.25) is 9.59 Å². The SMILES string of the molecule is N#Cc1ccc(NC(=O)C2CCN(C(=O)c3ccc(-c4noc(C5CC5)n4)cc3)CC2)cc1. The van der Waals surface area contributed by atoms with E-state index in [1.165, 1.54) is 0 Å². The third-order valence-corrected chi connectivity index (χ3v) is 6.19. The van der Waals surface area contributed by atoms with E-state index in [2.05, 4.69) is 21.5 Å². The number of carbonyl (C=O) groups is 2. The molecular weight excluding hydrogens is 418 g/mol. The number of rotatable bonds is 5. The number of hydrogen-bond acceptors (Lipinski definition) is 6. The van der Waals surface area contributed by atoms with Crippen LogP contribution in [0.3, 0.4) is 0 Å². The Balaban J connectivity index is 1.15. The van der Waals surface area contributed by atoms with Crippen molar-refractivity contribution < 1.29 is 14.1 Å². The van der Waals surface area contributed by atoms with Gasteiger partial charge in [-0.15, -0.1) is 0 Å². The van der Waals surface area contributed by atoms with Crippen LogP contribution in [0.15, 0.2) is 53.1 Å². The van der Waals surface area contributed by atoms with Crippen LogP contribution in [0, 0.1) is 17.2 Å². The summed E-state index contributed by atoms with van der Waals surface area (Å²) >= 11 is 0. The second-order valence-electron chi connectivity index (χ2n) is 8.55. The minimum Gasteiger partial charge on any atom is -0.339 e. The van der Waals surface area contributed by atoms with Gasteiger partial charge in [-0.05, 0) is 62.1 Å². The van der Waals surface area contributed by atoms with E-state index in [4.69, 9.17) is 9.78 Å². The molecule has 2 amide bonds. The zero-order chi connectivity index (χ0) is 22.8. The Hall–Kier alpha value is -3.99. The zero-order valence-electron chi connectivity index (χ0n) is 18.0. The Bertz CT molecular complexity index is 1200. The summed E-state index contributed by atoms with van der Waals surface area (Å²) < 4.78 is 5.31. The number of hydrogen-bond donors (Lipinski definition) is 1. The Morgan fingerprint density at radius 3 is 2.33 bits per heavy atom. The maximum atomic E-state index is 12.9. The number of amides is 2. The van der Waals surface area contributed by atoms with E-state index in [9.17, 15) is 9.59 Å². The van der Waals surface area contributed by atoms with E-state index in [1.54, 1.807) is 41.3 Å². The van der Waals surface area contributed by atoms with Crippen molar-refractivity contribution in [3.8, 4) is 17.5 Å². The van der Waals surface area contributed by atoms with Crippen molar-refractivity contribution in [2.24, 2.45) is 5.92 Å². The number of piperidine rings is 1. The van der Waals surface area contributed by atoms with Gasteiger partial charge in [-0.25, -0.2) is 0 Å². The molecule has 2 aliphatic rings. The first kappa shape index (κ1) is 20.9. The molecule has 166 valence electrons. The molecule has 2 fully saturated rings. The van der Waals surface area contributed by atoms with Gasteiger partial charge in [0.05, 0.1) is 11.6 Å². The summed E-state index contributed by atoms with van der Waals surface area (Å²) in [5, 5.41) is 15.8. The van der Waals surface area contributed by atoms with Crippen LogP contribution in [0.1, 0.15) is 53.4 Å². The molecule has 1 saturated carbocycles. The third kappa shape index (κ3) is 4.62. The summed E-state index contributed by atoms with van der Waals surface area (Å²) in [6.07, 6.45) is 3.42. The maximum Gasteiger partial charge on any atom is 0.253 e. The van der Waals surface area contributed by atoms with E-state index >= 15 is 0 Å². The Kier molecular flexibility index (Phi) is 5.61. The molecule has 2 heterocycles. The van der Waals surface area contributed by atoms with Gasteiger partial charge >= 0.3 is 0 Å². The molecule has 5 rings (SSSR count). The lowest BCUT2D eigenvalue weighted by atomic mass is 9.95. The smallest absolute Gasteiger partial charge is 0.253 e. The molecule has 1 aromatic heterocycles. The van der Waals surface area contributed by atoms with E-state index in [-0.39, 0.29) is 17.7 Å². The summed E-state index contributed by atoms with van der Waals surface area (Å²) in [5.41, 5.74) is 2.64. The first-order valence-corrected chi connectivity index (χ1v) is 11.1. The quantitative estimate of drug-likeness (QED) is 0.641. The fourth-order valence-electron chi connectivity index (χ4n) is 4.01. The summed E-state index contributed by atoms with van der Waals surface area (Å²) in [7, 11) is 0. The van der Waals surface area contributed by atoms with Crippen molar-refractivity contribution in [2.45, 2.75) is 31.6 Å². The first-order valence-electron chi connectivity index (χ1n) is 11.1. The number of nitrogens with one attached hydrogen (secondary N) is 1. The molecule has 1 saturated heterocycles. The highest BCUT2D eigenvalue weighted by Crippen LogP contribution is 2.39. The molecule has 2 aromatic carbocycles. The monoisotopic (exact) mass is 441 g/mol. The van der Waals surface area contributed by atoms with E-state index < -0.39 is 0 Å². The van der Waals surface area contributed by atoms with Crippen LogP contribution in [0.5, 0.6) is 0 Å². The molecule has 0 spiro atoms. The first-order chi connectivity index (χ1) is 16.1. The predicted molar refractivity (Wildman–Crippen MR) is 120 cm³/mol. The van der Waals surface area contributed by atoms with Gasteiger partial charge in [-0.1, -0.05) is 17.3 Å². The number of benzene rings is 2. The molecule has 33 heavy (non-hydrogen) atoms. The molecule has 0 unspecified atom stereocenters. The van der Waals surface area contributed by atoms with Crippen LogP contribution in [-0.2, 0) is 4.79 Å². The highest BCUT2D eigenvalue weighted by atomic mass is 16.5. The fourth-order valence-corrected chi connectivity index (χ4v) is 4.01.